The van der Waals surface area contributed by atoms with Crippen molar-refractivity contribution >= 4 is 17.5 Å². The van der Waals surface area contributed by atoms with Crippen molar-refractivity contribution in [1.82, 2.24) is 20.3 Å². The van der Waals surface area contributed by atoms with Crippen LogP contribution in [0.3, 0.4) is 0 Å². The highest BCUT2D eigenvalue weighted by Crippen LogP contribution is 2.28. The van der Waals surface area contributed by atoms with Gasteiger partial charge in [0.1, 0.15) is 23.7 Å². The van der Waals surface area contributed by atoms with Gasteiger partial charge >= 0.3 is 0 Å². The molecular formula is C25H30N6O3. The quantitative estimate of drug-likeness (QED) is 0.444. The van der Waals surface area contributed by atoms with Crippen molar-refractivity contribution in [2.45, 2.75) is 25.3 Å². The lowest BCUT2D eigenvalue weighted by Crippen LogP contribution is -2.19. The molecule has 178 valence electrons. The Kier molecular flexibility index (Phi) is 7.54. The highest BCUT2D eigenvalue weighted by molar-refractivity contribution is 5.94. The van der Waals surface area contributed by atoms with Crippen molar-refractivity contribution < 1.29 is 14.3 Å². The molecule has 0 radical (unpaired) electrons. The Labute approximate surface area is 199 Å². The Hall–Kier alpha value is -3.72. The van der Waals surface area contributed by atoms with Crippen LogP contribution in [0.2, 0.25) is 0 Å². The van der Waals surface area contributed by atoms with Gasteiger partial charge in [-0.2, -0.15) is 0 Å². The van der Waals surface area contributed by atoms with Crippen molar-refractivity contribution in [1.29, 1.82) is 0 Å². The lowest BCUT2D eigenvalue weighted by atomic mass is 9.98. The van der Waals surface area contributed by atoms with Crippen LogP contribution in [0.1, 0.15) is 35.2 Å². The number of nitrogens with zero attached hydrogens (tertiary/aromatic N) is 3. The van der Waals surface area contributed by atoms with Gasteiger partial charge in [0.2, 0.25) is 0 Å². The summed E-state index contributed by atoms with van der Waals surface area (Å²) >= 11 is 0. The van der Waals surface area contributed by atoms with Crippen LogP contribution in [0, 0.1) is 0 Å². The summed E-state index contributed by atoms with van der Waals surface area (Å²) in [5, 5.41) is 9.40. The topological polar surface area (TPSA) is 110 Å². The Morgan fingerprint density at radius 1 is 1.18 bits per heavy atom. The average Bonchev–Trinajstić information content (AvgIpc) is 3.40. The SMILES string of the molecule is CNC(=O)c1ccc([C@H](C)CNc2cc(-c3ccc(N[C@@H]4CCOC4)nc3)ncn2)c(OC)c1. The van der Waals surface area contributed by atoms with Crippen LogP contribution in [0.25, 0.3) is 11.3 Å². The lowest BCUT2D eigenvalue weighted by molar-refractivity contribution is 0.0962. The number of ether oxygens (including phenoxy) is 2. The summed E-state index contributed by atoms with van der Waals surface area (Å²) in [4.78, 5) is 25.2. The summed E-state index contributed by atoms with van der Waals surface area (Å²) in [6.07, 6.45) is 4.35. The van der Waals surface area contributed by atoms with Crippen molar-refractivity contribution in [2.24, 2.45) is 0 Å². The van der Waals surface area contributed by atoms with Crippen LogP contribution >= 0.6 is 0 Å². The summed E-state index contributed by atoms with van der Waals surface area (Å²) in [6, 6.07) is 11.7. The van der Waals surface area contributed by atoms with Gasteiger partial charge in [-0.05, 0) is 36.2 Å². The fourth-order valence-corrected chi connectivity index (χ4v) is 3.87. The number of carbonyl (C=O) groups excluding carboxylic acids is 1. The van der Waals surface area contributed by atoms with E-state index in [0.29, 0.717) is 30.5 Å². The third-order valence-electron chi connectivity index (χ3n) is 5.85. The van der Waals surface area contributed by atoms with Gasteiger partial charge in [-0.3, -0.25) is 4.79 Å². The van der Waals surface area contributed by atoms with E-state index in [1.807, 2.05) is 30.5 Å². The standard InChI is InChI=1S/C25H30N6O3/c1-16(20-6-4-17(25(32)26-2)10-22(20)33-3)12-27-24-11-21(29-15-30-24)18-5-7-23(28-13-18)31-19-8-9-34-14-19/h4-7,10-11,13,15-16,19H,8-9,12,14H2,1-3H3,(H,26,32)(H,28,31)(H,27,29,30)/t16-,19-/m1/s1. The first-order valence-corrected chi connectivity index (χ1v) is 11.3. The number of pyridine rings is 1. The number of hydrogen-bond acceptors (Lipinski definition) is 8. The fraction of sp³-hybridized carbons (Fsp3) is 0.360. The number of nitrogens with one attached hydrogen (secondary N) is 3. The minimum atomic E-state index is -0.144. The van der Waals surface area contributed by atoms with Gasteiger partial charge < -0.3 is 25.4 Å². The van der Waals surface area contributed by atoms with Crippen LogP contribution in [0.15, 0.2) is 48.9 Å². The number of benzene rings is 1. The van der Waals surface area contributed by atoms with Gasteiger partial charge in [-0.25, -0.2) is 15.0 Å². The zero-order valence-corrected chi connectivity index (χ0v) is 19.7. The third-order valence-corrected chi connectivity index (χ3v) is 5.85. The highest BCUT2D eigenvalue weighted by atomic mass is 16.5. The number of rotatable bonds is 9. The van der Waals surface area contributed by atoms with Crippen LogP contribution in [0.4, 0.5) is 11.6 Å². The second-order valence-corrected chi connectivity index (χ2v) is 8.24. The molecule has 3 N–H and O–H groups in total. The number of anilines is 2. The first kappa shape index (κ1) is 23.4. The minimum Gasteiger partial charge on any atom is -0.496 e. The molecule has 1 fully saturated rings. The van der Waals surface area contributed by atoms with E-state index < -0.39 is 0 Å². The molecule has 0 saturated carbocycles. The highest BCUT2D eigenvalue weighted by Gasteiger charge is 2.16. The van der Waals surface area contributed by atoms with E-state index in [2.05, 4.69) is 37.8 Å². The van der Waals surface area contributed by atoms with Gasteiger partial charge in [0.15, 0.2) is 0 Å². The Bertz CT molecular complexity index is 1120. The van der Waals surface area contributed by atoms with Crippen LogP contribution < -0.4 is 20.7 Å². The van der Waals surface area contributed by atoms with E-state index in [1.54, 1.807) is 32.6 Å². The van der Waals surface area contributed by atoms with E-state index in [9.17, 15) is 4.79 Å². The Balaban J connectivity index is 1.40. The number of amides is 1. The molecule has 3 aromatic rings. The maximum atomic E-state index is 11.9. The molecule has 0 aliphatic carbocycles. The van der Waals surface area contributed by atoms with Gasteiger partial charge in [0, 0.05) is 49.5 Å². The number of carbonyl (C=O) groups is 1. The number of aromatic nitrogens is 3. The van der Waals surface area contributed by atoms with Crippen molar-refractivity contribution in [3.63, 3.8) is 0 Å². The molecule has 1 aliphatic rings. The molecule has 1 amide bonds. The van der Waals surface area contributed by atoms with E-state index in [0.717, 1.165) is 41.5 Å². The molecule has 9 nitrogen and oxygen atoms in total. The first-order chi connectivity index (χ1) is 16.6. The molecule has 1 saturated heterocycles. The van der Waals surface area contributed by atoms with Gasteiger partial charge in [-0.15, -0.1) is 0 Å². The molecule has 4 rings (SSSR count). The summed E-state index contributed by atoms with van der Waals surface area (Å²) in [7, 11) is 3.22. The van der Waals surface area contributed by atoms with Crippen LogP contribution in [-0.4, -0.2) is 60.8 Å². The molecule has 0 spiro atoms. The molecule has 1 aromatic carbocycles. The zero-order chi connectivity index (χ0) is 23.9. The molecule has 0 unspecified atom stereocenters. The minimum absolute atomic E-state index is 0.124. The summed E-state index contributed by atoms with van der Waals surface area (Å²) in [5.74, 6) is 2.22. The summed E-state index contributed by atoms with van der Waals surface area (Å²) < 4.78 is 10.9. The molecule has 34 heavy (non-hydrogen) atoms. The lowest BCUT2D eigenvalue weighted by Gasteiger charge is -2.17. The van der Waals surface area contributed by atoms with Gasteiger partial charge in [-0.1, -0.05) is 13.0 Å². The van der Waals surface area contributed by atoms with Crippen LogP contribution in [-0.2, 0) is 4.74 Å². The smallest absolute Gasteiger partial charge is 0.251 e. The van der Waals surface area contributed by atoms with Crippen molar-refractivity contribution in [3.8, 4) is 17.0 Å². The van der Waals surface area contributed by atoms with Crippen LogP contribution in [0.5, 0.6) is 5.75 Å². The average molecular weight is 463 g/mol. The van der Waals surface area contributed by atoms with E-state index >= 15 is 0 Å². The van der Waals surface area contributed by atoms with Crippen molar-refractivity contribution in [2.75, 3.05) is 44.5 Å². The molecule has 3 heterocycles. The van der Waals surface area contributed by atoms with E-state index in [1.165, 1.54) is 0 Å². The van der Waals surface area contributed by atoms with E-state index in [4.69, 9.17) is 9.47 Å². The predicted molar refractivity (Wildman–Crippen MR) is 131 cm³/mol. The predicted octanol–water partition coefficient (Wildman–Crippen LogP) is 3.32. The van der Waals surface area contributed by atoms with Crippen molar-refractivity contribution in [3.05, 3.63) is 60.0 Å². The number of hydrogen-bond donors (Lipinski definition) is 3. The van der Waals surface area contributed by atoms with E-state index in [-0.39, 0.29) is 11.8 Å². The number of methoxy groups -OCH3 is 1. The monoisotopic (exact) mass is 462 g/mol. The van der Waals surface area contributed by atoms with Gasteiger partial charge in [0.25, 0.3) is 5.91 Å². The normalized spacial score (nSPS) is 16.0. The summed E-state index contributed by atoms with van der Waals surface area (Å²) in [6.45, 7) is 4.24. The molecule has 2 atom stereocenters. The second-order valence-electron chi connectivity index (χ2n) is 8.24. The molecule has 2 aromatic heterocycles. The fourth-order valence-electron chi connectivity index (χ4n) is 3.87. The first-order valence-electron chi connectivity index (χ1n) is 11.3. The Morgan fingerprint density at radius 3 is 2.76 bits per heavy atom. The third kappa shape index (κ3) is 5.60. The molecular weight excluding hydrogens is 432 g/mol. The largest absolute Gasteiger partial charge is 0.496 e. The molecule has 9 heteroatoms. The zero-order valence-electron chi connectivity index (χ0n) is 19.7. The Morgan fingerprint density at radius 2 is 2.06 bits per heavy atom. The maximum Gasteiger partial charge on any atom is 0.251 e. The molecule has 0 bridgehead atoms. The van der Waals surface area contributed by atoms with Gasteiger partial charge in [0.05, 0.1) is 25.5 Å². The maximum absolute atomic E-state index is 11.9. The second kappa shape index (κ2) is 10.9. The molecule has 1 aliphatic heterocycles. The summed E-state index contributed by atoms with van der Waals surface area (Å²) in [5.41, 5.74) is 3.28.